The molecule has 345 valence electrons. The predicted molar refractivity (Wildman–Crippen MR) is 269 cm³/mol. The average molecular weight is 1350 g/mol. The first-order chi connectivity index (χ1) is 32.2. The first-order valence-corrected chi connectivity index (χ1v) is 28.9. The summed E-state index contributed by atoms with van der Waals surface area (Å²) in [5.41, 5.74) is 5.00. The second-order valence-corrected chi connectivity index (χ2v) is 23.2. The van der Waals surface area contributed by atoms with Crippen molar-refractivity contribution in [3.8, 4) is 5.75 Å². The molecule has 0 spiro atoms. The van der Waals surface area contributed by atoms with Crippen molar-refractivity contribution in [2.45, 2.75) is 42.4 Å². The van der Waals surface area contributed by atoms with Crippen molar-refractivity contribution < 1.29 is 68.5 Å². The van der Waals surface area contributed by atoms with E-state index in [-0.39, 0.29) is 47.5 Å². The van der Waals surface area contributed by atoms with Crippen LogP contribution < -0.4 is 4.65 Å². The summed E-state index contributed by atoms with van der Waals surface area (Å²) in [4.78, 5) is 12.5. The van der Waals surface area contributed by atoms with Crippen molar-refractivity contribution in [3.05, 3.63) is 188 Å². The molecule has 3 aromatic heterocycles. The second kappa shape index (κ2) is 22.0. The van der Waals surface area contributed by atoms with Crippen molar-refractivity contribution in [1.29, 1.82) is 0 Å². The van der Waals surface area contributed by atoms with Crippen LogP contribution in [-0.4, -0.2) is 55.7 Å². The van der Waals surface area contributed by atoms with E-state index in [9.17, 15) is 30.0 Å². The van der Waals surface area contributed by atoms with E-state index in [0.29, 0.717) is 45.5 Å². The molecule has 21 heteroatoms. The molecule has 13 nitrogen and oxygen atoms in total. The monoisotopic (exact) mass is 1350 g/mol. The first kappa shape index (κ1) is 52.8. The number of aromatic nitrogens is 3. The zero-order chi connectivity index (χ0) is 49.7. The van der Waals surface area contributed by atoms with Crippen LogP contribution in [0.4, 0.5) is 0 Å². The standard InChI is InChI=1S/C17H14BrNO3S.C15H12BBrNO4S.C15H12BrNO2S.Hg.O/c1-11-3-6-14(7-4-11)23(21,22)19-10-16(12(2)20)15-9-13(18)5-8-17(15)19;1-10-2-5-12(6-3-10)23(20,21)18-9-15(22-16-19)13-8-11(17)4-7-14(13)18;1-11-2-5-14(6-3-11)20(18,19)17-9-8-12-10-13(16)4-7-15(12)17;;/h3-10H,1-2H3;2-9,19H,1H3;2-10H,1H3;;. The molecule has 0 aliphatic heterocycles. The van der Waals surface area contributed by atoms with E-state index in [0.717, 1.165) is 39.5 Å². The molecular formula is C47H38BBr3HgN3O10S3. The summed E-state index contributed by atoms with van der Waals surface area (Å²) in [7, 11) is -10.5. The van der Waals surface area contributed by atoms with Crippen molar-refractivity contribution >= 4 is 124 Å². The number of carbonyl (C=O) groups is 1. The molecule has 9 rings (SSSR count). The molecule has 0 amide bonds. The van der Waals surface area contributed by atoms with Gasteiger partial charge in [-0.1, -0.05) is 101 Å². The molecule has 0 unspecified atom stereocenters. The number of halogens is 3. The number of hydrogen-bond donors (Lipinski definition) is 1. The summed E-state index contributed by atoms with van der Waals surface area (Å²) >= 11 is 9.87. The maximum absolute atomic E-state index is 12.9. The third kappa shape index (κ3) is 11.4. The zero-order valence-corrected chi connectivity index (χ0v) is 49.2. The van der Waals surface area contributed by atoms with Gasteiger partial charge in [0.25, 0.3) is 30.1 Å². The number of carbonyl (C=O) groups excluding carboxylic acids is 1. The van der Waals surface area contributed by atoms with Gasteiger partial charge in [0.1, 0.15) is 5.75 Å². The fourth-order valence-corrected chi connectivity index (χ4v) is 12.1. The Balaban J connectivity index is 0.000000165. The number of nitrogens with zero attached hydrogens (tertiary/aromatic N) is 3. The molecule has 0 aliphatic carbocycles. The number of ketones is 1. The maximum atomic E-state index is 12.9. The molecule has 3 heterocycles. The van der Waals surface area contributed by atoms with E-state index < -0.39 is 30.1 Å². The second-order valence-electron chi connectivity index (χ2n) is 15.0. The van der Waals surface area contributed by atoms with Crippen LogP contribution in [0.25, 0.3) is 32.7 Å². The molecule has 0 atom stereocenters. The van der Waals surface area contributed by atoms with Gasteiger partial charge in [-0.3, -0.25) is 4.79 Å². The molecule has 0 bridgehead atoms. The Kier molecular flexibility index (Phi) is 17.1. The van der Waals surface area contributed by atoms with Gasteiger partial charge in [0.05, 0.1) is 37.4 Å². The first-order valence-electron chi connectivity index (χ1n) is 20.0. The van der Waals surface area contributed by atoms with E-state index in [1.54, 1.807) is 128 Å². The molecule has 0 aliphatic rings. The summed E-state index contributed by atoms with van der Waals surface area (Å²) < 4.78 is 96.5. The van der Waals surface area contributed by atoms with Gasteiger partial charge in [-0.05, 0) is 125 Å². The molecule has 0 saturated heterocycles. The van der Waals surface area contributed by atoms with Gasteiger partial charge in [0, 0.05) is 47.5 Å². The number of aryl methyl sites for hydroxylation is 3. The number of Topliss-reactive ketones (excluding diaryl/α,β-unsaturated/α-hetero) is 1. The Labute approximate surface area is 436 Å². The van der Waals surface area contributed by atoms with Crippen molar-refractivity contribution in [2.24, 2.45) is 0 Å². The molecule has 6 aromatic carbocycles. The Morgan fingerprint density at radius 1 is 0.529 bits per heavy atom. The molecular weight excluding hydrogens is 1310 g/mol. The van der Waals surface area contributed by atoms with Crippen LogP contribution in [0.2, 0.25) is 0 Å². The van der Waals surface area contributed by atoms with Gasteiger partial charge in [-0.2, -0.15) is 0 Å². The van der Waals surface area contributed by atoms with E-state index in [4.69, 9.17) is 12.3 Å². The number of hydrogen-bond acceptors (Lipinski definition) is 10. The van der Waals surface area contributed by atoms with E-state index >= 15 is 0 Å². The van der Waals surface area contributed by atoms with Gasteiger partial charge in [-0.25, -0.2) is 37.2 Å². The minimum atomic E-state index is -3.77. The summed E-state index contributed by atoms with van der Waals surface area (Å²) in [5.74, 6) is 0.0745. The molecule has 9 aromatic rings. The molecule has 0 saturated carbocycles. The zero-order valence-electron chi connectivity index (χ0n) is 36.5. The number of fused-ring (bicyclic) bond motifs is 3. The van der Waals surface area contributed by atoms with Gasteiger partial charge < -0.3 is 9.68 Å². The Morgan fingerprint density at radius 2 is 0.912 bits per heavy atom. The Bertz CT molecular complexity index is 3660. The Morgan fingerprint density at radius 3 is 1.35 bits per heavy atom. The van der Waals surface area contributed by atoms with Crippen molar-refractivity contribution in [3.63, 3.8) is 0 Å². The molecule has 1 radical (unpaired) electrons. The summed E-state index contributed by atoms with van der Waals surface area (Å²) in [6, 6.07) is 37.8. The number of rotatable bonds is 9. The molecule has 68 heavy (non-hydrogen) atoms. The van der Waals surface area contributed by atoms with E-state index in [2.05, 4.69) is 47.8 Å². The van der Waals surface area contributed by atoms with Crippen LogP contribution in [0.5, 0.6) is 5.75 Å². The number of benzene rings is 6. The van der Waals surface area contributed by atoms with Crippen LogP contribution in [-0.2, 0) is 58.9 Å². The topological polar surface area (TPSA) is 181 Å². The fraction of sp³-hybridized carbons (Fsp3) is 0.0851. The minimum absolute atomic E-state index is 0.175. The van der Waals surface area contributed by atoms with Crippen LogP contribution in [0.1, 0.15) is 34.0 Å². The quantitative estimate of drug-likeness (QED) is 0.108. The fourth-order valence-electron chi connectivity index (χ4n) is 6.91. The third-order valence-electron chi connectivity index (χ3n) is 10.3. The molecule has 1 N–H and O–H groups in total. The van der Waals surface area contributed by atoms with Crippen LogP contribution >= 0.6 is 47.8 Å². The van der Waals surface area contributed by atoms with Gasteiger partial charge in [-0.15, -0.1) is 0 Å². The molecule has 0 fully saturated rings. The normalized spacial score (nSPS) is 11.5. The van der Waals surface area contributed by atoms with Crippen molar-refractivity contribution in [2.75, 3.05) is 0 Å². The van der Waals surface area contributed by atoms with Gasteiger partial charge in [0.15, 0.2) is 5.78 Å². The van der Waals surface area contributed by atoms with Crippen LogP contribution in [0, 0.1) is 20.8 Å². The van der Waals surface area contributed by atoms with E-state index in [1.807, 2.05) is 32.9 Å². The summed E-state index contributed by atoms with van der Waals surface area (Å²) in [6.07, 6.45) is 4.33. The van der Waals surface area contributed by atoms with Crippen molar-refractivity contribution in [1.82, 2.24) is 11.9 Å². The summed E-state index contributed by atoms with van der Waals surface area (Å²) in [5, 5.41) is 11.0. The third-order valence-corrected chi connectivity index (χ3v) is 16.9. The predicted octanol–water partition coefficient (Wildman–Crippen LogP) is 10.8. The summed E-state index contributed by atoms with van der Waals surface area (Å²) in [6.45, 7) is 7.15. The van der Waals surface area contributed by atoms with Gasteiger partial charge in [0.2, 0.25) is 0 Å². The Hall–Kier alpha value is -4.54. The van der Waals surface area contributed by atoms with Crippen LogP contribution in [0.15, 0.2) is 180 Å². The SMILES string of the molecule is CC(=O)c1cn(S(=O)(=O)c2ccc(C)cc2)c2ccc(Br)cc12.Cc1ccc(S(=O)(=O)n2cc(O[B]O)c3cc(Br)ccc32)cc1.Cc1ccc(S(=O)(=O)n2ccc3cc(Br)ccc32)cc1.[O]=[Hg]. The van der Waals surface area contributed by atoms with Crippen LogP contribution in [0.3, 0.4) is 0 Å². The van der Waals surface area contributed by atoms with Gasteiger partial charge >= 0.3 is 36.5 Å². The average Bonchev–Trinajstić information content (AvgIpc) is 4.02. The van der Waals surface area contributed by atoms with E-state index in [1.165, 1.54) is 27.3 Å².